The predicted molar refractivity (Wildman–Crippen MR) is 127 cm³/mol. The first-order chi connectivity index (χ1) is 16.9. The van der Waals surface area contributed by atoms with Crippen LogP contribution in [0.25, 0.3) is 0 Å². The number of aromatic nitrogens is 1. The fourth-order valence-electron chi connectivity index (χ4n) is 3.89. The Morgan fingerprint density at radius 2 is 1.97 bits per heavy atom. The van der Waals surface area contributed by atoms with Crippen molar-refractivity contribution in [1.29, 1.82) is 10.5 Å². The van der Waals surface area contributed by atoms with Crippen LogP contribution in [0.1, 0.15) is 46.4 Å². The third-order valence-electron chi connectivity index (χ3n) is 5.67. The monoisotopic (exact) mass is 516 g/mol. The fraction of sp³-hybridized carbons (Fsp3) is 0.348. The van der Waals surface area contributed by atoms with Crippen molar-refractivity contribution in [2.24, 2.45) is 4.36 Å². The van der Waals surface area contributed by atoms with Crippen LogP contribution >= 0.6 is 0 Å². The number of pyridine rings is 1. The quantitative estimate of drug-likeness (QED) is 0.613. The zero-order valence-electron chi connectivity index (χ0n) is 19.4. The van der Waals surface area contributed by atoms with Crippen LogP contribution in [0, 0.1) is 29.6 Å². The van der Waals surface area contributed by atoms with E-state index in [1.54, 1.807) is 0 Å². The molecule has 10 nitrogen and oxygen atoms in total. The van der Waals surface area contributed by atoms with E-state index < -0.39 is 34.1 Å². The topological polar surface area (TPSA) is 160 Å². The molecular weight excluding hydrogens is 494 g/mol. The van der Waals surface area contributed by atoms with Crippen molar-refractivity contribution < 1.29 is 27.7 Å². The zero-order chi connectivity index (χ0) is 26.7. The van der Waals surface area contributed by atoms with Gasteiger partial charge in [0.2, 0.25) is 5.92 Å². The van der Waals surface area contributed by atoms with Gasteiger partial charge >= 0.3 is 6.09 Å². The molecule has 2 N–H and O–H groups in total. The summed E-state index contributed by atoms with van der Waals surface area (Å²) in [5, 5.41) is 30.5. The molecule has 2 aromatic rings. The molecule has 0 spiro atoms. The highest BCUT2D eigenvalue weighted by Gasteiger charge is 2.34. The molecule has 2 heterocycles. The molecule has 0 bridgehead atoms. The first-order valence-corrected chi connectivity index (χ1v) is 12.6. The minimum Gasteiger partial charge on any atom is -0.463 e. The average Bonchev–Trinajstić information content (AvgIpc) is 2.97. The molecule has 1 aromatic carbocycles. The number of hydrogen-bond acceptors (Lipinski definition) is 7. The second-order valence-corrected chi connectivity index (χ2v) is 10.5. The second-order valence-electron chi connectivity index (χ2n) is 8.24. The summed E-state index contributed by atoms with van der Waals surface area (Å²) in [6.07, 6.45) is -1.11. The summed E-state index contributed by atoms with van der Waals surface area (Å²) in [7, 11) is -3.30. The van der Waals surface area contributed by atoms with Crippen LogP contribution < -0.4 is 10.2 Å². The Hall–Kier alpha value is -4.10. The number of carbonyl (C=O) groups is 2. The van der Waals surface area contributed by atoms with E-state index in [0.29, 0.717) is 0 Å². The van der Waals surface area contributed by atoms with Gasteiger partial charge < -0.3 is 15.3 Å². The van der Waals surface area contributed by atoms with Crippen molar-refractivity contribution in [2.45, 2.75) is 37.0 Å². The number of benzene rings is 1. The van der Waals surface area contributed by atoms with Crippen molar-refractivity contribution in [2.75, 3.05) is 29.6 Å². The Balaban J connectivity index is 2.08. The summed E-state index contributed by atoms with van der Waals surface area (Å²) in [6, 6.07) is 9.32. The van der Waals surface area contributed by atoms with E-state index >= 15 is 0 Å². The minimum atomic E-state index is -3.30. The number of alkyl halides is 2. The Morgan fingerprint density at radius 3 is 2.61 bits per heavy atom. The molecule has 0 saturated carbocycles. The van der Waals surface area contributed by atoms with E-state index in [2.05, 4.69) is 14.7 Å². The number of anilines is 2. The first kappa shape index (κ1) is 26.5. The van der Waals surface area contributed by atoms with Gasteiger partial charge in [0.25, 0.3) is 5.91 Å². The van der Waals surface area contributed by atoms with Crippen molar-refractivity contribution in [3.8, 4) is 12.1 Å². The number of amides is 2. The van der Waals surface area contributed by atoms with Crippen LogP contribution in [0.5, 0.6) is 0 Å². The maximum Gasteiger partial charge on any atom is 0.439 e. The predicted octanol–water partition coefficient (Wildman–Crippen LogP) is 4.15. The van der Waals surface area contributed by atoms with Gasteiger partial charge in [-0.15, -0.1) is 4.36 Å². The van der Waals surface area contributed by atoms with Gasteiger partial charge in [0.15, 0.2) is 5.69 Å². The van der Waals surface area contributed by atoms with Gasteiger partial charge in [0.05, 0.1) is 20.9 Å². The maximum atomic E-state index is 14.0. The lowest BCUT2D eigenvalue weighted by Crippen LogP contribution is -2.30. The van der Waals surface area contributed by atoms with Crippen molar-refractivity contribution in [1.82, 2.24) is 4.98 Å². The molecular formula is C23H22F2N6O4S. The maximum absolute atomic E-state index is 14.0. The smallest absolute Gasteiger partial charge is 0.439 e. The lowest BCUT2D eigenvalue weighted by molar-refractivity contribution is -0.0102. The van der Waals surface area contributed by atoms with Crippen molar-refractivity contribution in [3.05, 3.63) is 46.6 Å². The van der Waals surface area contributed by atoms with Crippen LogP contribution in [0.15, 0.2) is 33.5 Å². The molecule has 2 amide bonds. The second kappa shape index (κ2) is 10.3. The van der Waals surface area contributed by atoms with Gasteiger partial charge in [-0.05, 0) is 37.1 Å². The summed E-state index contributed by atoms with van der Waals surface area (Å²) >= 11 is 0. The number of hydrogen-bond donors (Lipinski definition) is 2. The lowest BCUT2D eigenvalue weighted by Gasteiger charge is -2.25. The fourth-order valence-corrected chi connectivity index (χ4v) is 4.97. The van der Waals surface area contributed by atoms with Gasteiger partial charge in [-0.2, -0.15) is 10.5 Å². The van der Waals surface area contributed by atoms with Gasteiger partial charge in [0, 0.05) is 42.8 Å². The standard InChI is InChI=1S/C23H22F2N6O4S/c1-14-17(12-26)18(13-27)29-20(31-9-4-7-23(24,25)8-10-31)19(14)21(32)28-15-5-3-6-16(11-15)36(2,35)30-22(33)34/h3,5-6,11H,4,7-10H2,1-2H3,(H,28,32)(H,33,34). The normalized spacial score (nSPS) is 16.6. The van der Waals surface area contributed by atoms with Crippen LogP contribution in [0.2, 0.25) is 0 Å². The van der Waals surface area contributed by atoms with Gasteiger partial charge in [-0.1, -0.05) is 6.07 Å². The summed E-state index contributed by atoms with van der Waals surface area (Å²) in [5.74, 6) is -3.59. The van der Waals surface area contributed by atoms with Gasteiger partial charge in [-0.25, -0.2) is 22.8 Å². The molecule has 1 aliphatic heterocycles. The molecule has 36 heavy (non-hydrogen) atoms. The van der Waals surface area contributed by atoms with Gasteiger partial charge in [0.1, 0.15) is 18.0 Å². The van der Waals surface area contributed by atoms with Crippen molar-refractivity contribution in [3.63, 3.8) is 0 Å². The molecule has 1 saturated heterocycles. The third-order valence-corrected chi connectivity index (χ3v) is 7.31. The van der Waals surface area contributed by atoms with E-state index in [4.69, 9.17) is 5.11 Å². The molecule has 188 valence electrons. The Morgan fingerprint density at radius 1 is 1.25 bits per heavy atom. The van der Waals surface area contributed by atoms with E-state index in [1.165, 1.54) is 36.1 Å². The summed E-state index contributed by atoms with van der Waals surface area (Å²) in [5.41, 5.74) is -0.0847. The summed E-state index contributed by atoms with van der Waals surface area (Å²) in [6.45, 7) is 1.52. The van der Waals surface area contributed by atoms with E-state index in [9.17, 15) is 33.1 Å². The first-order valence-electron chi connectivity index (χ1n) is 10.7. The number of halogens is 2. The average molecular weight is 517 g/mol. The molecule has 13 heteroatoms. The zero-order valence-corrected chi connectivity index (χ0v) is 20.2. The number of nitrogens with one attached hydrogen (secondary N) is 1. The SMILES string of the molecule is Cc1c(C#N)c(C#N)nc(N2CCCC(F)(F)CC2)c1C(=O)Nc1cccc(S(C)(=O)=NC(=O)O)c1. The highest BCUT2D eigenvalue weighted by molar-refractivity contribution is 7.93. The Labute approximate surface area is 206 Å². The Kier molecular flexibility index (Phi) is 7.55. The molecule has 1 fully saturated rings. The van der Waals surface area contributed by atoms with Crippen LogP contribution in [-0.4, -0.2) is 51.6 Å². The molecule has 1 atom stereocenters. The molecule has 1 unspecified atom stereocenters. The third kappa shape index (κ3) is 5.75. The summed E-state index contributed by atoms with van der Waals surface area (Å²) < 4.78 is 43.8. The largest absolute Gasteiger partial charge is 0.463 e. The van der Waals surface area contributed by atoms with E-state index in [1.807, 2.05) is 12.1 Å². The van der Waals surface area contributed by atoms with Crippen LogP contribution in [0.4, 0.5) is 25.1 Å². The molecule has 0 aliphatic carbocycles. The highest BCUT2D eigenvalue weighted by atomic mass is 32.2. The highest BCUT2D eigenvalue weighted by Crippen LogP contribution is 2.33. The number of carboxylic acid groups (broad SMARTS) is 1. The minimum absolute atomic E-state index is 0.00886. The van der Waals surface area contributed by atoms with E-state index in [-0.39, 0.29) is 64.7 Å². The van der Waals surface area contributed by atoms with Crippen molar-refractivity contribution >= 4 is 33.2 Å². The number of nitrogens with zero attached hydrogens (tertiary/aromatic N) is 5. The molecule has 1 aliphatic rings. The number of nitriles is 2. The van der Waals surface area contributed by atoms with E-state index in [0.717, 1.165) is 6.26 Å². The molecule has 3 rings (SSSR count). The van der Waals surface area contributed by atoms with Gasteiger partial charge in [-0.3, -0.25) is 4.79 Å². The number of carbonyl (C=O) groups excluding carboxylic acids is 1. The molecule has 1 aromatic heterocycles. The lowest BCUT2D eigenvalue weighted by atomic mass is 10.0. The molecule has 0 radical (unpaired) electrons. The number of rotatable bonds is 4. The Bertz CT molecular complexity index is 1440. The van der Waals surface area contributed by atoms with Crippen LogP contribution in [0.3, 0.4) is 0 Å². The van der Waals surface area contributed by atoms with Crippen LogP contribution in [-0.2, 0) is 9.73 Å². The summed E-state index contributed by atoms with van der Waals surface area (Å²) in [4.78, 5) is 30.1.